The molecule has 2 N–H and O–H groups in total. The van der Waals surface area contributed by atoms with Crippen LogP contribution in [0, 0.1) is 0 Å². The van der Waals surface area contributed by atoms with Gasteiger partial charge in [-0.25, -0.2) is 9.71 Å². The van der Waals surface area contributed by atoms with Crippen LogP contribution in [0.25, 0.3) is 0 Å². The van der Waals surface area contributed by atoms with Gasteiger partial charge in [-0.3, -0.25) is 4.55 Å². The molecule has 0 spiro atoms. The molecule has 0 aliphatic rings. The van der Waals surface area contributed by atoms with E-state index in [0.29, 0.717) is 0 Å². The quantitative estimate of drug-likeness (QED) is 0.512. The van der Waals surface area contributed by atoms with Crippen LogP contribution in [-0.2, 0) is 10.3 Å². The summed E-state index contributed by atoms with van der Waals surface area (Å²) < 4.78 is 30.2. The minimum atomic E-state index is -4.15. The second-order valence-electron chi connectivity index (χ2n) is 1.41. The Balaban J connectivity index is 0.000001000. The predicted octanol–water partition coefficient (Wildman–Crippen LogP) is -0.291. The van der Waals surface area contributed by atoms with Crippen LogP contribution in [-0.4, -0.2) is 47.5 Å². The van der Waals surface area contributed by atoms with Gasteiger partial charge in [-0.05, 0) is 0 Å². The van der Waals surface area contributed by atoms with Gasteiger partial charge < -0.3 is 0 Å². The molecule has 1 aromatic rings. The maximum absolute atomic E-state index is 10.1. The maximum atomic E-state index is 10.1. The fraction of sp³-hybridized carbons (Fsp3) is 0. The van der Waals surface area contributed by atoms with Crippen LogP contribution < -0.4 is 4.72 Å². The van der Waals surface area contributed by atoms with E-state index in [4.69, 9.17) is 4.55 Å². The van der Waals surface area contributed by atoms with Crippen LogP contribution in [0.5, 0.6) is 0 Å². The number of aromatic nitrogens is 1. The van der Waals surface area contributed by atoms with E-state index in [9.17, 15) is 8.42 Å². The third-order valence-electron chi connectivity index (χ3n) is 0.649. The Morgan fingerprint density at radius 3 is 2.64 bits per heavy atom. The van der Waals surface area contributed by atoms with E-state index in [-0.39, 0.29) is 34.7 Å². The van der Waals surface area contributed by atoms with Gasteiger partial charge in [-0.15, -0.1) is 11.3 Å². The molecule has 0 fully saturated rings. The Hall–Kier alpha value is 0.340. The molecule has 1 rings (SSSR count). The summed E-state index contributed by atoms with van der Waals surface area (Å²) in [5.74, 6) is 0. The van der Waals surface area contributed by atoms with Crippen LogP contribution in [0.3, 0.4) is 0 Å². The van der Waals surface area contributed by atoms with Crippen LogP contribution >= 0.6 is 11.3 Å². The van der Waals surface area contributed by atoms with E-state index in [0.717, 1.165) is 11.3 Å². The summed E-state index contributed by atoms with van der Waals surface area (Å²) in [7, 11) is -4.15. The summed E-state index contributed by atoms with van der Waals surface area (Å²) in [6, 6.07) is 0. The van der Waals surface area contributed by atoms with E-state index in [1.807, 2.05) is 0 Å². The summed E-state index contributed by atoms with van der Waals surface area (Å²) in [6.45, 7) is 0. The number of nitrogens with one attached hydrogen (secondary N) is 1. The van der Waals surface area contributed by atoms with Crippen molar-refractivity contribution in [1.29, 1.82) is 0 Å². The predicted molar refractivity (Wildman–Crippen MR) is 44.4 cm³/mol. The second-order valence-corrected chi connectivity index (χ2v) is 3.46. The minimum absolute atomic E-state index is 0. The van der Waals surface area contributed by atoms with Gasteiger partial charge in [0, 0.05) is 11.6 Å². The molecule has 0 atom stereocenters. The number of thiazole rings is 1. The first-order valence-corrected chi connectivity index (χ1v) is 4.54. The first kappa shape index (κ1) is 11.3. The zero-order chi connectivity index (χ0) is 7.61. The monoisotopic (exact) mass is 204 g/mol. The molecule has 0 saturated carbocycles. The number of hydrogen-bond donors (Lipinski definition) is 2. The molecule has 1 heterocycles. The molecule has 0 aliphatic heterocycles. The second kappa shape index (κ2) is 4.39. The van der Waals surface area contributed by atoms with Crippen molar-refractivity contribution in [3.8, 4) is 0 Å². The molecule has 8 heteroatoms. The van der Waals surface area contributed by atoms with Crippen LogP contribution in [0.15, 0.2) is 11.6 Å². The molecule has 0 amide bonds. The summed E-state index contributed by atoms with van der Waals surface area (Å²) in [6.07, 6.45) is 1.43. The molecular weight excluding hydrogens is 199 g/mol. The van der Waals surface area contributed by atoms with Crippen molar-refractivity contribution in [3.63, 3.8) is 0 Å². The van der Waals surface area contributed by atoms with E-state index in [1.165, 1.54) is 6.20 Å². The first-order chi connectivity index (χ1) is 4.58. The Morgan fingerprint density at radius 2 is 2.27 bits per heavy atom. The van der Waals surface area contributed by atoms with Gasteiger partial charge in [0.2, 0.25) is 0 Å². The Bertz CT molecular complexity index is 294. The third-order valence-corrected chi connectivity index (χ3v) is 1.92. The van der Waals surface area contributed by atoms with Crippen LogP contribution in [0.2, 0.25) is 0 Å². The van der Waals surface area contributed by atoms with Crippen molar-refractivity contribution in [1.82, 2.24) is 4.98 Å². The van der Waals surface area contributed by atoms with Crippen molar-refractivity contribution in [2.75, 3.05) is 4.72 Å². The molecule has 0 aliphatic carbocycles. The van der Waals surface area contributed by atoms with Crippen LogP contribution in [0.1, 0.15) is 0 Å². The molecule has 0 unspecified atom stereocenters. The van der Waals surface area contributed by atoms with E-state index < -0.39 is 10.3 Å². The van der Waals surface area contributed by atoms with Gasteiger partial charge in [0.25, 0.3) is 0 Å². The zero-order valence-electron chi connectivity index (χ0n) is 4.68. The third kappa shape index (κ3) is 4.72. The van der Waals surface area contributed by atoms with Gasteiger partial charge in [0.15, 0.2) is 5.13 Å². The molecule has 0 bridgehead atoms. The topological polar surface area (TPSA) is 79.3 Å². The van der Waals surface area contributed by atoms with Gasteiger partial charge in [-0.1, -0.05) is 0 Å². The molecule has 1 aromatic heterocycles. The molecule has 11 heavy (non-hydrogen) atoms. The average Bonchev–Trinajstić information content (AvgIpc) is 2.12. The number of hydrogen-bond acceptors (Lipinski definition) is 4. The van der Waals surface area contributed by atoms with Crippen molar-refractivity contribution in [2.24, 2.45) is 0 Å². The molecule has 0 aromatic carbocycles. The first-order valence-electron chi connectivity index (χ1n) is 2.22. The van der Waals surface area contributed by atoms with Crippen molar-refractivity contribution in [2.45, 2.75) is 0 Å². The fourth-order valence-electron chi connectivity index (χ4n) is 0.384. The van der Waals surface area contributed by atoms with Gasteiger partial charge in [0.05, 0.1) is 0 Å². The van der Waals surface area contributed by atoms with Crippen LogP contribution in [0.4, 0.5) is 5.13 Å². The van der Waals surface area contributed by atoms with Gasteiger partial charge in [0.1, 0.15) is 0 Å². The summed E-state index contributed by atoms with van der Waals surface area (Å²) in [4.78, 5) is 3.57. The molecule has 5 nitrogen and oxygen atoms in total. The molecule has 0 saturated heterocycles. The number of nitrogens with zero attached hydrogens (tertiary/aromatic N) is 1. The summed E-state index contributed by atoms with van der Waals surface area (Å²) >= 11 is 1.09. The Kier molecular flexibility index (Phi) is 4.52. The molecular formula is C3H5N2NaO3S2. The van der Waals surface area contributed by atoms with Gasteiger partial charge in [-0.2, -0.15) is 8.42 Å². The SMILES string of the molecule is O=S(=O)(O)Nc1nccs1.[NaH]. The number of rotatable bonds is 2. The number of anilines is 1. The Morgan fingerprint density at radius 1 is 1.64 bits per heavy atom. The van der Waals surface area contributed by atoms with Gasteiger partial charge >= 0.3 is 39.9 Å². The van der Waals surface area contributed by atoms with Crippen molar-refractivity contribution < 1.29 is 13.0 Å². The van der Waals surface area contributed by atoms with E-state index >= 15 is 0 Å². The Labute approximate surface area is 90.0 Å². The average molecular weight is 204 g/mol. The summed E-state index contributed by atoms with van der Waals surface area (Å²) in [5, 5.41) is 1.75. The molecule has 58 valence electrons. The standard InChI is InChI=1S/C3H4N2O3S2.Na.H/c6-10(7,8)5-3-4-1-2-9-3;;/h1-2H,(H,4,5)(H,6,7,8);;. The zero-order valence-corrected chi connectivity index (χ0v) is 6.32. The van der Waals surface area contributed by atoms with E-state index in [1.54, 1.807) is 10.1 Å². The van der Waals surface area contributed by atoms with Crippen molar-refractivity contribution in [3.05, 3.63) is 11.6 Å². The van der Waals surface area contributed by atoms with Crippen molar-refractivity contribution >= 4 is 56.3 Å². The normalized spacial score (nSPS) is 10.3. The van der Waals surface area contributed by atoms with E-state index in [2.05, 4.69) is 4.98 Å². The molecule has 0 radical (unpaired) electrons. The fourth-order valence-corrected chi connectivity index (χ4v) is 1.54. The summed E-state index contributed by atoms with van der Waals surface area (Å²) in [5.41, 5.74) is 0.